The maximum absolute atomic E-state index is 11.3. The molecule has 0 radical (unpaired) electrons. The Morgan fingerprint density at radius 1 is 1.58 bits per heavy atom. The number of hydrogen-bond donors (Lipinski definition) is 3. The van der Waals surface area contributed by atoms with Gasteiger partial charge in [0.2, 0.25) is 7.37 Å². The van der Waals surface area contributed by atoms with Gasteiger partial charge in [-0.1, -0.05) is 13.3 Å². The molecule has 0 saturated carbocycles. The standard InChI is InChI=1S/C7H18NO3P/c1-2-3-6-12(10,11)7(9)4-5-8/h7,9H,2-6,8H2,1H3,(H,10,11)/t7-/m0/s1. The van der Waals surface area contributed by atoms with Crippen molar-refractivity contribution in [2.75, 3.05) is 12.7 Å². The topological polar surface area (TPSA) is 83.5 Å². The van der Waals surface area contributed by atoms with Crippen molar-refractivity contribution in [1.82, 2.24) is 0 Å². The van der Waals surface area contributed by atoms with E-state index in [1.165, 1.54) is 0 Å². The Hall–Kier alpha value is 0.110. The summed E-state index contributed by atoms with van der Waals surface area (Å²) in [5.74, 6) is -1.13. The summed E-state index contributed by atoms with van der Waals surface area (Å²) in [4.78, 5) is 9.30. The van der Waals surface area contributed by atoms with Crippen molar-refractivity contribution in [1.29, 1.82) is 0 Å². The number of unbranched alkanes of at least 4 members (excludes halogenated alkanes) is 1. The Labute approximate surface area is 73.2 Å². The molecule has 0 aliphatic rings. The van der Waals surface area contributed by atoms with Gasteiger partial charge in [0.15, 0.2) is 0 Å². The quantitative estimate of drug-likeness (QED) is 0.545. The van der Waals surface area contributed by atoms with E-state index in [-0.39, 0.29) is 19.1 Å². The number of rotatable bonds is 6. The van der Waals surface area contributed by atoms with Crippen molar-refractivity contribution in [3.05, 3.63) is 0 Å². The molecule has 0 bridgehead atoms. The summed E-state index contributed by atoms with van der Waals surface area (Å²) in [6.45, 7) is 2.19. The highest BCUT2D eigenvalue weighted by molar-refractivity contribution is 7.58. The van der Waals surface area contributed by atoms with Crippen LogP contribution in [0, 0.1) is 0 Å². The summed E-state index contributed by atoms with van der Waals surface area (Å²) in [6, 6.07) is 0. The van der Waals surface area contributed by atoms with Crippen molar-refractivity contribution in [3.63, 3.8) is 0 Å². The van der Waals surface area contributed by atoms with Crippen LogP contribution in [0.15, 0.2) is 0 Å². The molecular weight excluding hydrogens is 177 g/mol. The van der Waals surface area contributed by atoms with Crippen LogP contribution in [0.5, 0.6) is 0 Å². The molecule has 0 aliphatic heterocycles. The highest BCUT2D eigenvalue weighted by Gasteiger charge is 2.26. The Kier molecular flexibility index (Phi) is 5.76. The predicted octanol–water partition coefficient (Wildman–Crippen LogP) is 0.724. The molecule has 0 saturated heterocycles. The summed E-state index contributed by atoms with van der Waals surface area (Å²) < 4.78 is 11.3. The van der Waals surface area contributed by atoms with Crippen LogP contribution in [0.25, 0.3) is 0 Å². The summed E-state index contributed by atoms with van der Waals surface area (Å²) in [6.07, 6.45) is 1.94. The maximum Gasteiger partial charge on any atom is 0.228 e. The minimum absolute atomic E-state index is 0.199. The summed E-state index contributed by atoms with van der Waals surface area (Å²) in [5.41, 5.74) is 5.16. The fourth-order valence-corrected chi connectivity index (χ4v) is 2.50. The Balaban J connectivity index is 3.91. The number of aliphatic hydroxyl groups is 1. The van der Waals surface area contributed by atoms with Crippen molar-refractivity contribution < 1.29 is 14.6 Å². The fourth-order valence-electron chi connectivity index (χ4n) is 0.884. The third kappa shape index (κ3) is 4.21. The summed E-state index contributed by atoms with van der Waals surface area (Å²) in [5, 5.41) is 9.21. The van der Waals surface area contributed by atoms with Gasteiger partial charge < -0.3 is 15.7 Å². The third-order valence-electron chi connectivity index (χ3n) is 1.72. The van der Waals surface area contributed by atoms with E-state index in [1.807, 2.05) is 6.92 Å². The second-order valence-corrected chi connectivity index (χ2v) is 5.45. The average Bonchev–Trinajstić information content (AvgIpc) is 2.01. The first-order valence-corrected chi connectivity index (χ1v) is 6.15. The SMILES string of the molecule is CCCCP(=O)(O)[C@H](O)CCN. The molecule has 0 aromatic rings. The van der Waals surface area contributed by atoms with Crippen molar-refractivity contribution in [2.24, 2.45) is 5.73 Å². The number of hydrogen-bond acceptors (Lipinski definition) is 3. The van der Waals surface area contributed by atoms with Gasteiger partial charge in [0.05, 0.1) is 0 Å². The van der Waals surface area contributed by atoms with E-state index in [4.69, 9.17) is 5.73 Å². The summed E-state index contributed by atoms with van der Waals surface area (Å²) >= 11 is 0. The van der Waals surface area contributed by atoms with E-state index in [1.54, 1.807) is 0 Å². The van der Waals surface area contributed by atoms with Gasteiger partial charge in [0, 0.05) is 6.16 Å². The minimum Gasteiger partial charge on any atom is -0.383 e. The van der Waals surface area contributed by atoms with Gasteiger partial charge in [-0.05, 0) is 19.4 Å². The van der Waals surface area contributed by atoms with Gasteiger partial charge in [-0.2, -0.15) is 0 Å². The molecule has 0 spiro atoms. The fraction of sp³-hybridized carbons (Fsp3) is 1.00. The largest absolute Gasteiger partial charge is 0.383 e. The van der Waals surface area contributed by atoms with E-state index < -0.39 is 13.2 Å². The van der Waals surface area contributed by atoms with Crippen LogP contribution in [0.1, 0.15) is 26.2 Å². The van der Waals surface area contributed by atoms with E-state index in [2.05, 4.69) is 0 Å². The lowest BCUT2D eigenvalue weighted by molar-refractivity contribution is 0.222. The Morgan fingerprint density at radius 3 is 2.58 bits per heavy atom. The molecule has 1 unspecified atom stereocenters. The Morgan fingerprint density at radius 2 is 2.17 bits per heavy atom. The average molecular weight is 195 g/mol. The van der Waals surface area contributed by atoms with Gasteiger partial charge in [0.1, 0.15) is 5.85 Å². The van der Waals surface area contributed by atoms with Gasteiger partial charge in [0.25, 0.3) is 0 Å². The Bertz CT molecular complexity index is 163. The van der Waals surface area contributed by atoms with Crippen LogP contribution in [0.2, 0.25) is 0 Å². The second kappa shape index (κ2) is 5.70. The molecule has 5 heteroatoms. The van der Waals surface area contributed by atoms with Crippen molar-refractivity contribution >= 4 is 7.37 Å². The van der Waals surface area contributed by atoms with Crippen molar-refractivity contribution in [2.45, 2.75) is 32.0 Å². The molecule has 0 heterocycles. The van der Waals surface area contributed by atoms with E-state index in [0.29, 0.717) is 6.42 Å². The first-order valence-electron chi connectivity index (χ1n) is 4.24. The minimum atomic E-state index is -3.34. The molecule has 4 nitrogen and oxygen atoms in total. The molecule has 74 valence electrons. The zero-order valence-electron chi connectivity index (χ0n) is 7.44. The molecule has 0 amide bonds. The van der Waals surface area contributed by atoms with Gasteiger partial charge in [-0.3, -0.25) is 4.57 Å². The first-order chi connectivity index (χ1) is 5.54. The third-order valence-corrected chi connectivity index (χ3v) is 3.87. The number of aliphatic hydroxyl groups excluding tert-OH is 1. The van der Waals surface area contributed by atoms with Gasteiger partial charge >= 0.3 is 0 Å². The number of nitrogens with two attached hydrogens (primary N) is 1. The smallest absolute Gasteiger partial charge is 0.228 e. The van der Waals surface area contributed by atoms with Crippen LogP contribution in [-0.4, -0.2) is 28.6 Å². The van der Waals surface area contributed by atoms with E-state index in [9.17, 15) is 14.6 Å². The highest BCUT2D eigenvalue weighted by atomic mass is 31.2. The van der Waals surface area contributed by atoms with E-state index >= 15 is 0 Å². The molecule has 0 rings (SSSR count). The summed E-state index contributed by atoms with van der Waals surface area (Å²) in [7, 11) is -3.34. The van der Waals surface area contributed by atoms with Gasteiger partial charge in [-0.15, -0.1) is 0 Å². The molecule has 0 fully saturated rings. The van der Waals surface area contributed by atoms with E-state index in [0.717, 1.165) is 6.42 Å². The molecule has 4 N–H and O–H groups in total. The van der Waals surface area contributed by atoms with Crippen LogP contribution >= 0.6 is 7.37 Å². The molecule has 2 atom stereocenters. The molecular formula is C7H18NO3P. The lowest BCUT2D eigenvalue weighted by Crippen LogP contribution is -2.15. The molecule has 0 aliphatic carbocycles. The molecule has 0 aromatic heterocycles. The normalized spacial score (nSPS) is 18.7. The molecule has 0 aromatic carbocycles. The molecule has 12 heavy (non-hydrogen) atoms. The van der Waals surface area contributed by atoms with Crippen LogP contribution in [-0.2, 0) is 4.57 Å². The maximum atomic E-state index is 11.3. The zero-order chi connectivity index (χ0) is 9.61. The van der Waals surface area contributed by atoms with Crippen LogP contribution in [0.3, 0.4) is 0 Å². The lowest BCUT2D eigenvalue weighted by atomic mass is 10.4. The highest BCUT2D eigenvalue weighted by Crippen LogP contribution is 2.46. The zero-order valence-corrected chi connectivity index (χ0v) is 8.33. The lowest BCUT2D eigenvalue weighted by Gasteiger charge is -2.16. The van der Waals surface area contributed by atoms with Crippen LogP contribution < -0.4 is 5.73 Å². The monoisotopic (exact) mass is 195 g/mol. The van der Waals surface area contributed by atoms with Crippen LogP contribution in [0.4, 0.5) is 0 Å². The predicted molar refractivity (Wildman–Crippen MR) is 49.3 cm³/mol. The van der Waals surface area contributed by atoms with Gasteiger partial charge in [-0.25, -0.2) is 0 Å². The second-order valence-electron chi connectivity index (χ2n) is 2.89. The van der Waals surface area contributed by atoms with Crippen molar-refractivity contribution in [3.8, 4) is 0 Å². The first kappa shape index (κ1) is 12.1.